The largest absolute Gasteiger partial charge is 0.469 e. The molecular formula is C20H21N3O5S. The minimum atomic E-state index is -1.24. The molecule has 0 saturated carbocycles. The molecule has 2 heterocycles. The first-order chi connectivity index (χ1) is 13.8. The first kappa shape index (κ1) is 20.5. The van der Waals surface area contributed by atoms with Gasteiger partial charge >= 0.3 is 12.0 Å². The lowest BCUT2D eigenvalue weighted by Gasteiger charge is -2.22. The van der Waals surface area contributed by atoms with E-state index in [0.717, 1.165) is 9.78 Å². The van der Waals surface area contributed by atoms with Crippen LogP contribution in [0.1, 0.15) is 29.8 Å². The summed E-state index contributed by atoms with van der Waals surface area (Å²) in [5.41, 5.74) is -0.610. The van der Waals surface area contributed by atoms with Crippen LogP contribution in [-0.4, -0.2) is 42.4 Å². The van der Waals surface area contributed by atoms with Gasteiger partial charge in [0.25, 0.3) is 5.91 Å². The number of nitrogens with one attached hydrogen (secondary N) is 2. The van der Waals surface area contributed by atoms with Crippen molar-refractivity contribution in [3.05, 3.63) is 58.3 Å². The number of carbonyl (C=O) groups excluding carboxylic acids is 4. The summed E-state index contributed by atoms with van der Waals surface area (Å²) in [7, 11) is 1.27. The molecule has 0 radical (unpaired) electrons. The van der Waals surface area contributed by atoms with E-state index in [1.165, 1.54) is 18.4 Å². The molecular weight excluding hydrogens is 394 g/mol. The maximum Gasteiger partial charge on any atom is 0.325 e. The topological polar surface area (TPSA) is 105 Å². The standard InChI is InChI=1S/C20H21N3O5S/c1-20(13-7-4-3-5-8-13)18(26)23(19(27)22-20)12-16(24)21-14(11-17(25)28-2)15-9-6-10-29-15/h3-10,14H,11-12H2,1-2H3,(H,21,24)(H,22,27). The van der Waals surface area contributed by atoms with Crippen LogP contribution >= 0.6 is 11.3 Å². The van der Waals surface area contributed by atoms with Crippen LogP contribution < -0.4 is 10.6 Å². The van der Waals surface area contributed by atoms with Gasteiger partial charge in [-0.05, 0) is 23.9 Å². The predicted octanol–water partition coefficient (Wildman–Crippen LogP) is 1.94. The molecule has 0 bridgehead atoms. The van der Waals surface area contributed by atoms with E-state index >= 15 is 0 Å². The average Bonchev–Trinajstić information content (AvgIpc) is 3.32. The fourth-order valence-corrected chi connectivity index (χ4v) is 3.93. The average molecular weight is 415 g/mol. The molecule has 1 aliphatic rings. The summed E-state index contributed by atoms with van der Waals surface area (Å²) in [5.74, 6) is -1.53. The number of methoxy groups -OCH3 is 1. The van der Waals surface area contributed by atoms with Crippen molar-refractivity contribution < 1.29 is 23.9 Å². The highest BCUT2D eigenvalue weighted by molar-refractivity contribution is 7.10. The lowest BCUT2D eigenvalue weighted by molar-refractivity contribution is -0.141. The molecule has 2 atom stereocenters. The third kappa shape index (κ3) is 4.29. The van der Waals surface area contributed by atoms with E-state index in [1.807, 2.05) is 11.4 Å². The van der Waals surface area contributed by atoms with Gasteiger partial charge in [-0.15, -0.1) is 11.3 Å². The van der Waals surface area contributed by atoms with Crippen molar-refractivity contribution in [3.8, 4) is 0 Å². The van der Waals surface area contributed by atoms with Gasteiger partial charge in [0.05, 0.1) is 19.6 Å². The maximum absolute atomic E-state index is 12.9. The molecule has 3 rings (SSSR count). The van der Waals surface area contributed by atoms with Crippen molar-refractivity contribution in [2.45, 2.75) is 24.9 Å². The third-order valence-corrected chi connectivity index (χ3v) is 5.73. The van der Waals surface area contributed by atoms with Crippen LogP contribution in [-0.2, 0) is 24.7 Å². The van der Waals surface area contributed by atoms with Gasteiger partial charge in [-0.1, -0.05) is 36.4 Å². The highest BCUT2D eigenvalue weighted by Gasteiger charge is 2.49. The molecule has 8 nitrogen and oxygen atoms in total. The van der Waals surface area contributed by atoms with Crippen LogP contribution in [0.25, 0.3) is 0 Å². The van der Waals surface area contributed by atoms with E-state index in [9.17, 15) is 19.2 Å². The molecule has 2 N–H and O–H groups in total. The van der Waals surface area contributed by atoms with Gasteiger partial charge in [-0.25, -0.2) is 4.79 Å². The normalized spacial score (nSPS) is 19.6. The summed E-state index contributed by atoms with van der Waals surface area (Å²) < 4.78 is 4.69. The van der Waals surface area contributed by atoms with Gasteiger partial charge in [-0.3, -0.25) is 19.3 Å². The molecule has 9 heteroatoms. The van der Waals surface area contributed by atoms with Gasteiger partial charge in [0.1, 0.15) is 12.1 Å². The van der Waals surface area contributed by atoms with Gasteiger partial charge in [0.2, 0.25) is 5.91 Å². The molecule has 1 saturated heterocycles. The molecule has 152 valence electrons. The summed E-state index contributed by atoms with van der Waals surface area (Å²) in [6.07, 6.45) is -0.0510. The summed E-state index contributed by atoms with van der Waals surface area (Å²) >= 11 is 1.38. The highest BCUT2D eigenvalue weighted by atomic mass is 32.1. The van der Waals surface area contributed by atoms with Crippen LogP contribution in [0.5, 0.6) is 0 Å². The van der Waals surface area contributed by atoms with E-state index < -0.39 is 41.9 Å². The SMILES string of the molecule is COC(=O)CC(NC(=O)CN1C(=O)NC(C)(c2ccccc2)C1=O)c1cccs1. The number of rotatable bonds is 7. The van der Waals surface area contributed by atoms with Gasteiger partial charge in [0, 0.05) is 4.88 Å². The van der Waals surface area contributed by atoms with E-state index in [4.69, 9.17) is 0 Å². The predicted molar refractivity (Wildman–Crippen MR) is 106 cm³/mol. The maximum atomic E-state index is 12.9. The number of benzene rings is 1. The number of urea groups is 1. The second-order valence-corrected chi connectivity index (χ2v) is 7.71. The Morgan fingerprint density at radius 1 is 1.21 bits per heavy atom. The molecule has 2 unspecified atom stereocenters. The lowest BCUT2D eigenvalue weighted by atomic mass is 9.92. The van der Waals surface area contributed by atoms with Crippen molar-refractivity contribution in [2.24, 2.45) is 0 Å². The minimum Gasteiger partial charge on any atom is -0.469 e. The molecule has 0 aliphatic carbocycles. The third-order valence-electron chi connectivity index (χ3n) is 4.75. The first-order valence-electron chi connectivity index (χ1n) is 8.94. The number of amides is 4. The minimum absolute atomic E-state index is 0.0510. The Labute approximate surface area is 171 Å². The Morgan fingerprint density at radius 2 is 1.93 bits per heavy atom. The Hall–Kier alpha value is -3.20. The van der Waals surface area contributed by atoms with Gasteiger partial charge in [-0.2, -0.15) is 0 Å². The number of imide groups is 1. The number of esters is 1. The number of ether oxygens (including phenoxy) is 1. The molecule has 1 fully saturated rings. The van der Waals surface area contributed by atoms with Crippen molar-refractivity contribution in [3.63, 3.8) is 0 Å². The Balaban J connectivity index is 1.71. The van der Waals surface area contributed by atoms with Crippen molar-refractivity contribution >= 4 is 35.2 Å². The van der Waals surface area contributed by atoms with Gasteiger partial charge < -0.3 is 15.4 Å². The number of hydrogen-bond acceptors (Lipinski definition) is 6. The lowest BCUT2D eigenvalue weighted by Crippen LogP contribution is -2.44. The fourth-order valence-electron chi connectivity index (χ4n) is 3.15. The van der Waals surface area contributed by atoms with E-state index in [-0.39, 0.29) is 6.42 Å². The molecule has 2 aromatic rings. The summed E-state index contributed by atoms with van der Waals surface area (Å²) in [5, 5.41) is 7.20. The highest BCUT2D eigenvalue weighted by Crippen LogP contribution is 2.28. The van der Waals surface area contributed by atoms with Crippen LogP contribution in [0, 0.1) is 0 Å². The molecule has 1 aromatic carbocycles. The second kappa shape index (κ2) is 8.44. The molecule has 1 aliphatic heterocycles. The van der Waals surface area contributed by atoms with E-state index in [0.29, 0.717) is 5.56 Å². The van der Waals surface area contributed by atoms with Crippen LogP contribution in [0.2, 0.25) is 0 Å². The Morgan fingerprint density at radius 3 is 2.55 bits per heavy atom. The van der Waals surface area contributed by atoms with Crippen LogP contribution in [0.4, 0.5) is 4.79 Å². The number of carbonyl (C=O) groups is 4. The fraction of sp³-hybridized carbons (Fsp3) is 0.300. The smallest absolute Gasteiger partial charge is 0.325 e. The Kier molecular flexibility index (Phi) is 5.97. The number of thiophene rings is 1. The molecule has 0 spiro atoms. The second-order valence-electron chi connectivity index (χ2n) is 6.73. The summed E-state index contributed by atoms with van der Waals surface area (Å²) in [4.78, 5) is 51.2. The summed E-state index contributed by atoms with van der Waals surface area (Å²) in [6.45, 7) is 1.16. The quantitative estimate of drug-likeness (QED) is 0.531. The zero-order chi connectivity index (χ0) is 21.0. The van der Waals surface area contributed by atoms with E-state index in [2.05, 4.69) is 15.4 Å². The van der Waals surface area contributed by atoms with Crippen LogP contribution in [0.15, 0.2) is 47.8 Å². The monoisotopic (exact) mass is 415 g/mol. The van der Waals surface area contributed by atoms with Crippen LogP contribution in [0.3, 0.4) is 0 Å². The van der Waals surface area contributed by atoms with Crippen molar-refractivity contribution in [2.75, 3.05) is 13.7 Å². The number of nitrogens with zero attached hydrogens (tertiary/aromatic N) is 1. The van der Waals surface area contributed by atoms with Crippen molar-refractivity contribution in [1.29, 1.82) is 0 Å². The Bertz CT molecular complexity index is 915. The van der Waals surface area contributed by atoms with Gasteiger partial charge in [0.15, 0.2) is 0 Å². The number of hydrogen-bond donors (Lipinski definition) is 2. The van der Waals surface area contributed by atoms with Crippen molar-refractivity contribution in [1.82, 2.24) is 15.5 Å². The zero-order valence-electron chi connectivity index (χ0n) is 16.0. The zero-order valence-corrected chi connectivity index (χ0v) is 16.8. The molecule has 1 aromatic heterocycles. The molecule has 29 heavy (non-hydrogen) atoms. The summed E-state index contributed by atoms with van der Waals surface area (Å²) in [6, 6.07) is 11.2. The van der Waals surface area contributed by atoms with E-state index in [1.54, 1.807) is 43.3 Å². The first-order valence-corrected chi connectivity index (χ1v) is 9.82. The molecule has 4 amide bonds.